The highest BCUT2D eigenvalue weighted by molar-refractivity contribution is 5.83. The molecule has 5 heteroatoms. The first-order valence-electron chi connectivity index (χ1n) is 3.32. The molecule has 1 N–H and O–H groups in total. The van der Waals surface area contributed by atoms with Crippen LogP contribution >= 0.6 is 0 Å². The van der Waals surface area contributed by atoms with Crippen LogP contribution in [0.5, 0.6) is 11.5 Å². The molecule has 0 aromatic heterocycles. The highest BCUT2D eigenvalue weighted by atomic mass is 19.1. The largest absolute Gasteiger partial charge is 0.504 e. The quantitative estimate of drug-likeness (QED) is 0.715. The molecule has 0 atom stereocenters. The Hall–Kier alpha value is -1.65. The van der Waals surface area contributed by atoms with Crippen LogP contribution < -0.4 is 4.74 Å². The van der Waals surface area contributed by atoms with Crippen LogP contribution in [0, 0.1) is 11.6 Å². The van der Waals surface area contributed by atoms with Gasteiger partial charge in [0.2, 0.25) is 0 Å². The van der Waals surface area contributed by atoms with Crippen LogP contribution in [0.25, 0.3) is 0 Å². The Morgan fingerprint density at radius 3 is 2.54 bits per heavy atom. The van der Waals surface area contributed by atoms with Gasteiger partial charge in [-0.15, -0.1) is 0 Å². The average molecular weight is 188 g/mol. The van der Waals surface area contributed by atoms with Gasteiger partial charge in [0.25, 0.3) is 0 Å². The Kier molecular flexibility index (Phi) is 2.46. The summed E-state index contributed by atoms with van der Waals surface area (Å²) in [6, 6.07) is 0.446. The predicted octanol–water partition coefficient (Wildman–Crippen LogP) is 1.49. The van der Waals surface area contributed by atoms with Crippen LogP contribution in [0.1, 0.15) is 10.4 Å². The second kappa shape index (κ2) is 3.38. The zero-order valence-electron chi connectivity index (χ0n) is 6.67. The third kappa shape index (κ3) is 1.44. The van der Waals surface area contributed by atoms with Crippen LogP contribution in [0.4, 0.5) is 8.78 Å². The van der Waals surface area contributed by atoms with Gasteiger partial charge in [-0.25, -0.2) is 8.78 Å². The zero-order valence-corrected chi connectivity index (χ0v) is 6.67. The minimum atomic E-state index is -1.19. The number of halogens is 2. The lowest BCUT2D eigenvalue weighted by Crippen LogP contribution is -1.97. The zero-order chi connectivity index (χ0) is 10.0. The average Bonchev–Trinajstić information content (AvgIpc) is 2.10. The van der Waals surface area contributed by atoms with Crippen LogP contribution in [0.3, 0.4) is 0 Å². The van der Waals surface area contributed by atoms with Gasteiger partial charge in [0.15, 0.2) is 29.4 Å². The van der Waals surface area contributed by atoms with Crippen molar-refractivity contribution in [2.45, 2.75) is 0 Å². The van der Waals surface area contributed by atoms with Gasteiger partial charge in [-0.1, -0.05) is 0 Å². The van der Waals surface area contributed by atoms with Crippen LogP contribution in [0.2, 0.25) is 0 Å². The van der Waals surface area contributed by atoms with E-state index in [2.05, 4.69) is 4.74 Å². The van der Waals surface area contributed by atoms with Crippen molar-refractivity contribution in [1.29, 1.82) is 0 Å². The number of hydrogen-bond donors (Lipinski definition) is 1. The Bertz CT molecular complexity index is 350. The third-order valence-corrected chi connectivity index (χ3v) is 1.52. The molecule has 1 rings (SSSR count). The second-order valence-electron chi connectivity index (χ2n) is 2.25. The molecule has 0 aliphatic carbocycles. The number of methoxy groups -OCH3 is 1. The molecule has 0 heterocycles. The summed E-state index contributed by atoms with van der Waals surface area (Å²) in [7, 11) is 1.11. The number of aromatic hydroxyl groups is 1. The summed E-state index contributed by atoms with van der Waals surface area (Å²) >= 11 is 0. The molecule has 1 aromatic rings. The smallest absolute Gasteiger partial charge is 0.169 e. The maximum Gasteiger partial charge on any atom is 0.169 e. The number of benzene rings is 1. The van der Waals surface area contributed by atoms with Gasteiger partial charge in [-0.05, 0) is 0 Å². The molecule has 0 aliphatic heterocycles. The Morgan fingerprint density at radius 2 is 2.08 bits per heavy atom. The molecule has 0 saturated carbocycles. The van der Waals surface area contributed by atoms with Gasteiger partial charge in [0.1, 0.15) is 5.56 Å². The molecule has 0 fully saturated rings. The maximum atomic E-state index is 12.8. The SMILES string of the molecule is COc1c(F)cc(F)c(O)c1C=O. The van der Waals surface area contributed by atoms with Gasteiger partial charge in [0.05, 0.1) is 7.11 Å². The van der Waals surface area contributed by atoms with Gasteiger partial charge < -0.3 is 9.84 Å². The van der Waals surface area contributed by atoms with Gasteiger partial charge in [-0.2, -0.15) is 0 Å². The van der Waals surface area contributed by atoms with Crippen LogP contribution in [-0.2, 0) is 0 Å². The lowest BCUT2D eigenvalue weighted by Gasteiger charge is -2.06. The third-order valence-electron chi connectivity index (χ3n) is 1.52. The predicted molar refractivity (Wildman–Crippen MR) is 40.0 cm³/mol. The van der Waals surface area contributed by atoms with E-state index in [-0.39, 0.29) is 6.29 Å². The molecule has 13 heavy (non-hydrogen) atoms. The molecule has 0 unspecified atom stereocenters. The lowest BCUT2D eigenvalue weighted by atomic mass is 10.2. The number of phenols is 1. The number of carbonyl (C=O) groups is 1. The molecular weight excluding hydrogens is 182 g/mol. The summed E-state index contributed by atoms with van der Waals surface area (Å²) in [5.41, 5.74) is -0.528. The number of hydrogen-bond acceptors (Lipinski definition) is 3. The highest BCUT2D eigenvalue weighted by Crippen LogP contribution is 2.31. The monoisotopic (exact) mass is 188 g/mol. The fourth-order valence-electron chi connectivity index (χ4n) is 0.927. The van der Waals surface area contributed by atoms with Crippen molar-refractivity contribution in [1.82, 2.24) is 0 Å². The molecule has 0 amide bonds. The lowest BCUT2D eigenvalue weighted by molar-refractivity contribution is 0.111. The summed E-state index contributed by atoms with van der Waals surface area (Å²) in [6.45, 7) is 0. The van der Waals surface area contributed by atoms with Crippen molar-refractivity contribution in [3.05, 3.63) is 23.3 Å². The Labute approximate surface area is 72.6 Å². The first kappa shape index (κ1) is 9.44. The minimum Gasteiger partial charge on any atom is -0.504 e. The van der Waals surface area contributed by atoms with Gasteiger partial charge in [-0.3, -0.25) is 4.79 Å². The van der Waals surface area contributed by atoms with Gasteiger partial charge >= 0.3 is 0 Å². The summed E-state index contributed by atoms with van der Waals surface area (Å²) in [6.07, 6.45) is 0.125. The van der Waals surface area contributed by atoms with E-state index in [4.69, 9.17) is 5.11 Å². The van der Waals surface area contributed by atoms with Crippen molar-refractivity contribution in [3.63, 3.8) is 0 Å². The fourth-order valence-corrected chi connectivity index (χ4v) is 0.927. The van der Waals surface area contributed by atoms with E-state index in [1.807, 2.05) is 0 Å². The van der Waals surface area contributed by atoms with E-state index >= 15 is 0 Å². The number of phenolic OH excluding ortho intramolecular Hbond substituents is 1. The van der Waals surface area contributed by atoms with E-state index < -0.39 is 28.7 Å². The molecule has 0 saturated heterocycles. The molecule has 0 spiro atoms. The summed E-state index contributed by atoms with van der Waals surface area (Å²) < 4.78 is 30.0. The van der Waals surface area contributed by atoms with Crippen molar-refractivity contribution < 1.29 is 23.4 Å². The first-order valence-corrected chi connectivity index (χ1v) is 3.32. The fraction of sp³-hybridized carbons (Fsp3) is 0.125. The van der Waals surface area contributed by atoms with Crippen LogP contribution in [0.15, 0.2) is 6.07 Å². The van der Waals surface area contributed by atoms with E-state index in [9.17, 15) is 13.6 Å². The van der Waals surface area contributed by atoms with E-state index in [0.29, 0.717) is 6.07 Å². The molecule has 1 aromatic carbocycles. The van der Waals surface area contributed by atoms with Crippen molar-refractivity contribution in [2.75, 3.05) is 7.11 Å². The molecule has 0 radical (unpaired) electrons. The van der Waals surface area contributed by atoms with Crippen molar-refractivity contribution in [3.8, 4) is 11.5 Å². The highest BCUT2D eigenvalue weighted by Gasteiger charge is 2.17. The molecule has 0 aliphatic rings. The minimum absolute atomic E-state index is 0.125. The molecular formula is C8H6F2O3. The Balaban J connectivity index is 3.50. The van der Waals surface area contributed by atoms with Crippen molar-refractivity contribution in [2.24, 2.45) is 0 Å². The van der Waals surface area contributed by atoms with Crippen molar-refractivity contribution >= 4 is 6.29 Å². The molecule has 3 nitrogen and oxygen atoms in total. The molecule has 0 bridgehead atoms. The standard InChI is InChI=1S/C8H6F2O3/c1-13-8-4(3-11)7(12)5(9)2-6(8)10/h2-3,12H,1H3. The topological polar surface area (TPSA) is 46.5 Å². The van der Waals surface area contributed by atoms with E-state index in [1.54, 1.807) is 0 Å². The number of aldehydes is 1. The normalized spacial score (nSPS) is 9.77. The molecule has 70 valence electrons. The summed E-state index contributed by atoms with van der Waals surface area (Å²) in [5, 5.41) is 8.98. The first-order chi connectivity index (χ1) is 6.11. The van der Waals surface area contributed by atoms with E-state index in [1.165, 1.54) is 0 Å². The van der Waals surface area contributed by atoms with Crippen LogP contribution in [-0.4, -0.2) is 18.5 Å². The summed E-state index contributed by atoms with van der Waals surface area (Å²) in [5.74, 6) is -3.59. The van der Waals surface area contributed by atoms with Gasteiger partial charge in [0, 0.05) is 6.07 Å². The maximum absolute atomic E-state index is 12.8. The Morgan fingerprint density at radius 1 is 1.46 bits per heavy atom. The summed E-state index contributed by atoms with van der Waals surface area (Å²) in [4.78, 5) is 10.3. The van der Waals surface area contributed by atoms with E-state index in [0.717, 1.165) is 7.11 Å². The number of ether oxygens (including phenoxy) is 1. The number of carbonyl (C=O) groups excluding carboxylic acids is 1. The number of rotatable bonds is 2. The second-order valence-corrected chi connectivity index (χ2v) is 2.25.